The van der Waals surface area contributed by atoms with Crippen LogP contribution in [0.1, 0.15) is 11.1 Å². The van der Waals surface area contributed by atoms with E-state index in [1.54, 1.807) is 0 Å². The highest BCUT2D eigenvalue weighted by Crippen LogP contribution is 2.27. The number of nitriles is 1. The summed E-state index contributed by atoms with van der Waals surface area (Å²) in [7, 11) is 0. The van der Waals surface area contributed by atoms with E-state index in [0.29, 0.717) is 5.56 Å². The number of hydrogen-bond donors (Lipinski definition) is 1. The molecule has 1 aliphatic rings. The zero-order valence-corrected chi connectivity index (χ0v) is 6.59. The molecular formula is C10H8N2. The van der Waals surface area contributed by atoms with Crippen LogP contribution in [-0.2, 0) is 6.42 Å². The Morgan fingerprint density at radius 1 is 1.50 bits per heavy atom. The molecule has 2 rings (SSSR count). The van der Waals surface area contributed by atoms with Crippen molar-refractivity contribution in [1.29, 1.82) is 5.26 Å². The number of hydrogen-bond acceptors (Lipinski definition) is 2. The van der Waals surface area contributed by atoms with Crippen molar-refractivity contribution in [2.75, 3.05) is 5.32 Å². The summed E-state index contributed by atoms with van der Waals surface area (Å²) in [5.74, 6) is 0. The molecule has 0 bridgehead atoms. The third kappa shape index (κ3) is 0.960. The molecule has 0 amide bonds. The zero-order valence-electron chi connectivity index (χ0n) is 6.59. The number of rotatable bonds is 0. The monoisotopic (exact) mass is 156 g/mol. The number of allylic oxidation sites excluding steroid dienone is 1. The molecule has 0 aromatic heterocycles. The lowest BCUT2D eigenvalue weighted by atomic mass is 10.1. The predicted octanol–water partition coefficient (Wildman–Crippen LogP) is 2.04. The van der Waals surface area contributed by atoms with Gasteiger partial charge in [-0.2, -0.15) is 5.26 Å². The van der Waals surface area contributed by atoms with E-state index in [1.165, 1.54) is 5.56 Å². The van der Waals surface area contributed by atoms with E-state index < -0.39 is 0 Å². The quantitative estimate of drug-likeness (QED) is 0.624. The van der Waals surface area contributed by atoms with Crippen molar-refractivity contribution < 1.29 is 0 Å². The lowest BCUT2D eigenvalue weighted by Crippen LogP contribution is -1.86. The molecule has 0 atom stereocenters. The third-order valence-corrected chi connectivity index (χ3v) is 1.95. The van der Waals surface area contributed by atoms with E-state index in [1.807, 2.05) is 18.2 Å². The minimum atomic E-state index is 0.713. The van der Waals surface area contributed by atoms with Gasteiger partial charge in [-0.15, -0.1) is 0 Å². The van der Waals surface area contributed by atoms with Crippen LogP contribution in [0.25, 0.3) is 0 Å². The van der Waals surface area contributed by atoms with E-state index in [4.69, 9.17) is 5.26 Å². The van der Waals surface area contributed by atoms with Gasteiger partial charge in [0.05, 0.1) is 11.6 Å². The van der Waals surface area contributed by atoms with Gasteiger partial charge in [0, 0.05) is 17.8 Å². The number of benzene rings is 1. The first-order chi connectivity index (χ1) is 5.79. The van der Waals surface area contributed by atoms with E-state index in [-0.39, 0.29) is 0 Å². The normalized spacial score (nSPS) is 13.4. The van der Waals surface area contributed by atoms with E-state index in [9.17, 15) is 0 Å². The van der Waals surface area contributed by atoms with Gasteiger partial charge in [0.25, 0.3) is 0 Å². The molecule has 58 valence electrons. The first-order valence-electron chi connectivity index (χ1n) is 3.77. The summed E-state index contributed by atoms with van der Waals surface area (Å²) in [5, 5.41) is 11.8. The molecule has 2 nitrogen and oxygen atoms in total. The van der Waals surface area contributed by atoms with Gasteiger partial charge >= 0.3 is 0 Å². The summed E-state index contributed by atoms with van der Waals surface area (Å²) in [6, 6.07) is 7.75. The minimum absolute atomic E-state index is 0.713. The summed E-state index contributed by atoms with van der Waals surface area (Å²) >= 11 is 0. The van der Waals surface area contributed by atoms with Gasteiger partial charge in [0.1, 0.15) is 0 Å². The van der Waals surface area contributed by atoms with Gasteiger partial charge < -0.3 is 5.32 Å². The Morgan fingerprint density at radius 2 is 2.33 bits per heavy atom. The molecule has 1 heterocycles. The fourth-order valence-corrected chi connectivity index (χ4v) is 1.40. The molecule has 0 radical (unpaired) electrons. The Hall–Kier alpha value is -1.75. The maximum atomic E-state index is 8.64. The summed E-state index contributed by atoms with van der Waals surface area (Å²) in [6.07, 6.45) is 0.838. The van der Waals surface area contributed by atoms with E-state index >= 15 is 0 Å². The number of anilines is 1. The fourth-order valence-electron chi connectivity index (χ4n) is 1.40. The van der Waals surface area contributed by atoms with Crippen molar-refractivity contribution in [3.05, 3.63) is 41.6 Å². The van der Waals surface area contributed by atoms with Crippen LogP contribution in [0.15, 0.2) is 30.5 Å². The summed E-state index contributed by atoms with van der Waals surface area (Å²) in [5.41, 5.74) is 3.96. The van der Waals surface area contributed by atoms with Crippen LogP contribution in [0.2, 0.25) is 0 Å². The van der Waals surface area contributed by atoms with Gasteiger partial charge in [-0.1, -0.05) is 6.58 Å². The lowest BCUT2D eigenvalue weighted by molar-refractivity contribution is 1.26. The number of nitrogens with zero attached hydrogens (tertiary/aromatic N) is 1. The maximum absolute atomic E-state index is 8.64. The highest BCUT2D eigenvalue weighted by Gasteiger charge is 2.12. The summed E-state index contributed by atoms with van der Waals surface area (Å²) in [6.45, 7) is 3.83. The molecule has 0 aliphatic carbocycles. The zero-order chi connectivity index (χ0) is 8.55. The fraction of sp³-hybridized carbons (Fsp3) is 0.100. The average molecular weight is 156 g/mol. The van der Waals surface area contributed by atoms with Crippen molar-refractivity contribution in [1.82, 2.24) is 0 Å². The Bertz CT molecular complexity index is 385. The van der Waals surface area contributed by atoms with Crippen LogP contribution in [0, 0.1) is 11.3 Å². The minimum Gasteiger partial charge on any atom is -0.359 e. The molecule has 0 unspecified atom stereocenters. The van der Waals surface area contributed by atoms with Gasteiger partial charge in [-0.05, 0) is 23.8 Å². The van der Waals surface area contributed by atoms with E-state index in [2.05, 4.69) is 18.0 Å². The van der Waals surface area contributed by atoms with Crippen molar-refractivity contribution in [2.24, 2.45) is 0 Å². The Labute approximate surface area is 71.1 Å². The largest absolute Gasteiger partial charge is 0.359 e. The molecule has 0 saturated heterocycles. The summed E-state index contributed by atoms with van der Waals surface area (Å²) in [4.78, 5) is 0. The number of nitrogens with one attached hydrogen (secondary N) is 1. The predicted molar refractivity (Wildman–Crippen MR) is 47.6 cm³/mol. The van der Waals surface area contributed by atoms with Crippen LogP contribution in [0.4, 0.5) is 5.69 Å². The van der Waals surface area contributed by atoms with Gasteiger partial charge in [0.2, 0.25) is 0 Å². The molecular weight excluding hydrogens is 148 g/mol. The molecule has 0 fully saturated rings. The Balaban J connectivity index is 2.50. The van der Waals surface area contributed by atoms with Crippen LogP contribution in [0.5, 0.6) is 0 Å². The first kappa shape index (κ1) is 6.93. The van der Waals surface area contributed by atoms with Crippen molar-refractivity contribution >= 4 is 5.69 Å². The Kier molecular flexibility index (Phi) is 1.38. The van der Waals surface area contributed by atoms with Crippen LogP contribution in [-0.4, -0.2) is 0 Å². The maximum Gasteiger partial charge on any atom is 0.0991 e. The second kappa shape index (κ2) is 2.38. The SMILES string of the molecule is C=C1Cc2cc(C#N)ccc2N1. The standard InChI is InChI=1S/C10H8N2/c1-7-4-9-5-8(6-11)2-3-10(9)12-7/h2-3,5,12H,1,4H2. The van der Waals surface area contributed by atoms with Gasteiger partial charge in [0.15, 0.2) is 0 Å². The van der Waals surface area contributed by atoms with Crippen LogP contribution >= 0.6 is 0 Å². The molecule has 1 N–H and O–H groups in total. The third-order valence-electron chi connectivity index (χ3n) is 1.95. The first-order valence-corrected chi connectivity index (χ1v) is 3.77. The molecule has 0 spiro atoms. The highest BCUT2D eigenvalue weighted by molar-refractivity contribution is 5.63. The smallest absolute Gasteiger partial charge is 0.0991 e. The molecule has 12 heavy (non-hydrogen) atoms. The van der Waals surface area contributed by atoms with Crippen molar-refractivity contribution in [2.45, 2.75) is 6.42 Å². The highest BCUT2D eigenvalue weighted by atomic mass is 14.9. The lowest BCUT2D eigenvalue weighted by Gasteiger charge is -1.97. The average Bonchev–Trinajstić information content (AvgIpc) is 2.43. The molecule has 1 aromatic rings. The van der Waals surface area contributed by atoms with Gasteiger partial charge in [-0.3, -0.25) is 0 Å². The molecule has 0 saturated carbocycles. The van der Waals surface area contributed by atoms with Crippen LogP contribution < -0.4 is 5.32 Å². The van der Waals surface area contributed by atoms with Crippen molar-refractivity contribution in [3.63, 3.8) is 0 Å². The topological polar surface area (TPSA) is 35.8 Å². The Morgan fingerprint density at radius 3 is 3.08 bits per heavy atom. The summed E-state index contributed by atoms with van der Waals surface area (Å²) < 4.78 is 0. The molecule has 1 aromatic carbocycles. The molecule has 1 aliphatic heterocycles. The van der Waals surface area contributed by atoms with E-state index in [0.717, 1.165) is 17.8 Å². The second-order valence-corrected chi connectivity index (χ2v) is 2.89. The van der Waals surface area contributed by atoms with Crippen LogP contribution in [0.3, 0.4) is 0 Å². The number of fused-ring (bicyclic) bond motifs is 1. The van der Waals surface area contributed by atoms with Crippen molar-refractivity contribution in [3.8, 4) is 6.07 Å². The molecule has 2 heteroatoms. The van der Waals surface area contributed by atoms with Gasteiger partial charge in [-0.25, -0.2) is 0 Å². The second-order valence-electron chi connectivity index (χ2n) is 2.89.